The van der Waals surface area contributed by atoms with E-state index in [9.17, 15) is 9.59 Å². The maximum Gasteiger partial charge on any atom is 0.347 e. The third-order valence-electron chi connectivity index (χ3n) is 3.91. The van der Waals surface area contributed by atoms with Crippen LogP contribution in [-0.2, 0) is 14.4 Å². The number of rotatable bonds is 7. The Morgan fingerprint density at radius 1 is 1.07 bits per heavy atom. The Morgan fingerprint density at radius 2 is 1.81 bits per heavy atom. The fourth-order valence-electron chi connectivity index (χ4n) is 2.48. The minimum atomic E-state index is -0.901. The van der Waals surface area contributed by atoms with Crippen molar-refractivity contribution in [2.45, 2.75) is 20.0 Å². The van der Waals surface area contributed by atoms with Crippen LogP contribution < -0.4 is 9.47 Å². The van der Waals surface area contributed by atoms with Gasteiger partial charge in [0, 0.05) is 11.1 Å². The second-order valence-electron chi connectivity index (χ2n) is 5.88. The summed E-state index contributed by atoms with van der Waals surface area (Å²) in [6, 6.07) is 14.0. The van der Waals surface area contributed by atoms with Gasteiger partial charge in [-0.3, -0.25) is 4.79 Å². The molecule has 7 heteroatoms. The molecule has 2 aromatic rings. The van der Waals surface area contributed by atoms with Crippen molar-refractivity contribution in [2.24, 2.45) is 5.16 Å². The Kier molecular flexibility index (Phi) is 5.71. The molecule has 0 N–H and O–H groups in total. The Bertz CT molecular complexity index is 862. The van der Waals surface area contributed by atoms with Crippen molar-refractivity contribution < 1.29 is 28.6 Å². The first-order valence-electron chi connectivity index (χ1n) is 8.40. The summed E-state index contributed by atoms with van der Waals surface area (Å²) in [5, 5.41) is 3.90. The van der Waals surface area contributed by atoms with E-state index in [1.165, 1.54) is 6.92 Å². The van der Waals surface area contributed by atoms with Crippen LogP contribution >= 0.6 is 0 Å². The van der Waals surface area contributed by atoms with Crippen LogP contribution in [-0.4, -0.2) is 37.0 Å². The van der Waals surface area contributed by atoms with Gasteiger partial charge in [0.05, 0.1) is 5.71 Å². The highest BCUT2D eigenvalue weighted by Gasteiger charge is 2.19. The minimum absolute atomic E-state index is 0.192. The lowest BCUT2D eigenvalue weighted by molar-refractivity contribution is -0.151. The average molecular weight is 369 g/mol. The fourth-order valence-corrected chi connectivity index (χ4v) is 2.48. The monoisotopic (exact) mass is 369 g/mol. The highest BCUT2D eigenvalue weighted by molar-refractivity contribution is 6.00. The van der Waals surface area contributed by atoms with Crippen LogP contribution in [0.5, 0.6) is 11.5 Å². The van der Waals surface area contributed by atoms with Crippen LogP contribution in [0.3, 0.4) is 0 Å². The molecule has 0 aromatic heterocycles. The Hall–Kier alpha value is -3.35. The van der Waals surface area contributed by atoms with Crippen LogP contribution in [0.15, 0.2) is 53.7 Å². The molecule has 0 radical (unpaired) electrons. The van der Waals surface area contributed by atoms with E-state index in [1.54, 1.807) is 43.3 Å². The Labute approximate surface area is 156 Å². The van der Waals surface area contributed by atoms with Gasteiger partial charge < -0.3 is 19.0 Å². The molecule has 140 valence electrons. The number of esters is 1. The number of ether oxygens (including phenoxy) is 3. The van der Waals surface area contributed by atoms with Gasteiger partial charge in [-0.1, -0.05) is 35.5 Å². The highest BCUT2D eigenvalue weighted by Crippen LogP contribution is 2.32. The number of Topliss-reactive ketones (excluding diaryl/α,β-unsaturated/α-hetero) is 1. The molecular formula is C20H19NO6. The van der Waals surface area contributed by atoms with Crippen molar-refractivity contribution in [3.05, 3.63) is 59.7 Å². The number of nitrogens with zero attached hydrogens (tertiary/aromatic N) is 1. The first-order chi connectivity index (χ1) is 13.0. The molecule has 0 amide bonds. The van der Waals surface area contributed by atoms with E-state index in [0.29, 0.717) is 22.8 Å². The van der Waals surface area contributed by atoms with E-state index in [4.69, 9.17) is 19.0 Å². The van der Waals surface area contributed by atoms with Gasteiger partial charge in [0.2, 0.25) is 19.2 Å². The largest absolute Gasteiger partial charge is 0.454 e. The topological polar surface area (TPSA) is 83.4 Å². The number of fused-ring (bicyclic) bond motifs is 1. The molecule has 2 aromatic carbocycles. The highest BCUT2D eigenvalue weighted by atomic mass is 16.7. The third kappa shape index (κ3) is 4.63. The summed E-state index contributed by atoms with van der Waals surface area (Å²) in [5.41, 5.74) is 1.82. The summed E-state index contributed by atoms with van der Waals surface area (Å²) in [6.07, 6.45) is -0.901. The zero-order valence-corrected chi connectivity index (χ0v) is 15.0. The van der Waals surface area contributed by atoms with Gasteiger partial charge in [-0.15, -0.1) is 0 Å². The number of benzene rings is 2. The molecule has 1 aliphatic heterocycles. The van der Waals surface area contributed by atoms with Crippen molar-refractivity contribution in [2.75, 3.05) is 13.4 Å². The maximum absolute atomic E-state index is 12.2. The summed E-state index contributed by atoms with van der Waals surface area (Å²) >= 11 is 0. The second-order valence-corrected chi connectivity index (χ2v) is 5.88. The summed E-state index contributed by atoms with van der Waals surface area (Å²) < 4.78 is 15.7. The second kappa shape index (κ2) is 8.35. The maximum atomic E-state index is 12.2. The average Bonchev–Trinajstić information content (AvgIpc) is 3.15. The number of oxime groups is 1. The molecule has 27 heavy (non-hydrogen) atoms. The first kappa shape index (κ1) is 18.4. The molecule has 1 heterocycles. The smallest absolute Gasteiger partial charge is 0.347 e. The summed E-state index contributed by atoms with van der Waals surface area (Å²) in [5.74, 6) is 0.362. The van der Waals surface area contributed by atoms with E-state index in [0.717, 1.165) is 5.56 Å². The van der Waals surface area contributed by atoms with Crippen LogP contribution in [0.1, 0.15) is 29.8 Å². The number of carbonyl (C=O) groups excluding carboxylic acids is 2. The van der Waals surface area contributed by atoms with E-state index >= 15 is 0 Å². The van der Waals surface area contributed by atoms with Gasteiger partial charge in [-0.25, -0.2) is 4.79 Å². The number of hydrogen-bond acceptors (Lipinski definition) is 7. The van der Waals surface area contributed by atoms with Crippen molar-refractivity contribution in [1.29, 1.82) is 0 Å². The molecule has 0 aliphatic carbocycles. The standard InChI is InChI=1S/C20H19NO6/c1-13(16-8-9-17-18(10-16)25-12-24-17)21-26-11-19(22)27-14(2)20(23)15-6-4-3-5-7-15/h3-10,14H,11-12H2,1-2H3/b21-13-/t14-/m1/s1. The first-order valence-corrected chi connectivity index (χ1v) is 8.40. The SMILES string of the molecule is C/C(=N/OCC(=O)O[C@H](C)C(=O)c1ccccc1)c1ccc2c(c1)OCO2. The molecule has 0 saturated heterocycles. The Balaban J connectivity index is 1.50. The molecule has 0 saturated carbocycles. The molecule has 1 aliphatic rings. The van der Waals surface area contributed by atoms with E-state index < -0.39 is 18.7 Å². The quantitative estimate of drug-likeness (QED) is 0.323. The zero-order valence-electron chi connectivity index (χ0n) is 15.0. The van der Waals surface area contributed by atoms with Crippen LogP contribution in [0.25, 0.3) is 0 Å². The van der Waals surface area contributed by atoms with Gasteiger partial charge in [-0.05, 0) is 32.0 Å². The zero-order chi connectivity index (χ0) is 19.2. The van der Waals surface area contributed by atoms with Crippen molar-refractivity contribution in [3.8, 4) is 11.5 Å². The van der Waals surface area contributed by atoms with Crippen LogP contribution in [0.4, 0.5) is 0 Å². The lowest BCUT2D eigenvalue weighted by Gasteiger charge is -2.11. The molecule has 0 fully saturated rings. The van der Waals surface area contributed by atoms with Gasteiger partial charge in [0.1, 0.15) is 0 Å². The third-order valence-corrected chi connectivity index (χ3v) is 3.91. The minimum Gasteiger partial charge on any atom is -0.454 e. The fraction of sp³-hybridized carbons (Fsp3) is 0.250. The summed E-state index contributed by atoms with van der Waals surface area (Å²) in [7, 11) is 0. The van der Waals surface area contributed by atoms with Gasteiger partial charge in [0.15, 0.2) is 17.6 Å². The van der Waals surface area contributed by atoms with Gasteiger partial charge >= 0.3 is 5.97 Å². The van der Waals surface area contributed by atoms with E-state index in [1.807, 2.05) is 12.1 Å². The Morgan fingerprint density at radius 3 is 2.59 bits per heavy atom. The molecular weight excluding hydrogens is 350 g/mol. The van der Waals surface area contributed by atoms with E-state index in [2.05, 4.69) is 5.16 Å². The van der Waals surface area contributed by atoms with Crippen LogP contribution in [0.2, 0.25) is 0 Å². The molecule has 0 unspecified atom stereocenters. The van der Waals surface area contributed by atoms with Crippen molar-refractivity contribution >= 4 is 17.5 Å². The van der Waals surface area contributed by atoms with Gasteiger partial charge in [0.25, 0.3) is 0 Å². The molecule has 3 rings (SSSR count). The molecule has 0 spiro atoms. The number of carbonyl (C=O) groups is 2. The van der Waals surface area contributed by atoms with Gasteiger partial charge in [-0.2, -0.15) is 0 Å². The summed E-state index contributed by atoms with van der Waals surface area (Å²) in [6.45, 7) is 3.06. The normalized spacial score (nSPS) is 13.8. The number of ketones is 1. The predicted octanol–water partition coefficient (Wildman–Crippen LogP) is 2.97. The predicted molar refractivity (Wildman–Crippen MR) is 97.1 cm³/mol. The summed E-state index contributed by atoms with van der Waals surface area (Å²) in [4.78, 5) is 29.1. The lowest BCUT2D eigenvalue weighted by atomic mass is 10.1. The molecule has 0 bridgehead atoms. The molecule has 7 nitrogen and oxygen atoms in total. The lowest BCUT2D eigenvalue weighted by Crippen LogP contribution is -2.26. The van der Waals surface area contributed by atoms with Crippen LogP contribution in [0, 0.1) is 0 Å². The van der Waals surface area contributed by atoms with Crippen molar-refractivity contribution in [3.63, 3.8) is 0 Å². The van der Waals surface area contributed by atoms with Crippen molar-refractivity contribution in [1.82, 2.24) is 0 Å². The van der Waals surface area contributed by atoms with E-state index in [-0.39, 0.29) is 12.6 Å². The number of hydrogen-bond donors (Lipinski definition) is 0. The molecule has 1 atom stereocenters.